The maximum absolute atomic E-state index is 5.74. The van der Waals surface area contributed by atoms with Crippen LogP contribution in [0.5, 0.6) is 5.75 Å². The average Bonchev–Trinajstić information content (AvgIpc) is 3.43. The van der Waals surface area contributed by atoms with Crippen molar-refractivity contribution in [2.24, 2.45) is 4.99 Å². The highest BCUT2D eigenvalue weighted by molar-refractivity contribution is 14.0. The highest BCUT2D eigenvalue weighted by Crippen LogP contribution is 2.26. The van der Waals surface area contributed by atoms with Gasteiger partial charge in [-0.05, 0) is 32.8 Å². The van der Waals surface area contributed by atoms with Gasteiger partial charge in [-0.25, -0.2) is 0 Å². The average molecular weight is 542 g/mol. The number of guanidine groups is 1. The van der Waals surface area contributed by atoms with E-state index in [2.05, 4.69) is 58.3 Å². The molecule has 3 rings (SSSR count). The fraction of sp³-hybridized carbons (Fsp3) is 0.591. The number of methoxy groups -OCH3 is 1. The topological polar surface area (TPSA) is 85.6 Å². The van der Waals surface area contributed by atoms with Crippen LogP contribution in [0.4, 0.5) is 0 Å². The molecule has 1 fully saturated rings. The lowest BCUT2D eigenvalue weighted by molar-refractivity contribution is 0.117. The zero-order valence-electron chi connectivity index (χ0n) is 18.9. The van der Waals surface area contributed by atoms with Crippen LogP contribution in [0, 0.1) is 6.92 Å². The highest BCUT2D eigenvalue weighted by Gasteiger charge is 2.17. The molecule has 1 aliphatic heterocycles. The SMILES string of the molecule is CCc1nncn1CCNC(=NCC1CCCO1)NC(C)c1cc(C)ccc1OC.I. The van der Waals surface area contributed by atoms with Crippen molar-refractivity contribution < 1.29 is 9.47 Å². The molecule has 2 heterocycles. The number of ether oxygens (including phenoxy) is 2. The van der Waals surface area contributed by atoms with E-state index in [1.165, 1.54) is 5.56 Å². The number of aryl methyl sites for hydroxylation is 2. The van der Waals surface area contributed by atoms with Crippen molar-refractivity contribution >= 4 is 29.9 Å². The van der Waals surface area contributed by atoms with Crippen LogP contribution in [-0.2, 0) is 17.7 Å². The van der Waals surface area contributed by atoms with E-state index in [-0.39, 0.29) is 36.1 Å². The summed E-state index contributed by atoms with van der Waals surface area (Å²) in [5, 5.41) is 15.1. The zero-order valence-corrected chi connectivity index (χ0v) is 21.3. The van der Waals surface area contributed by atoms with Gasteiger partial charge in [-0.3, -0.25) is 4.99 Å². The van der Waals surface area contributed by atoms with Crippen LogP contribution >= 0.6 is 24.0 Å². The first kappa shape index (κ1) is 25.4. The van der Waals surface area contributed by atoms with E-state index in [0.29, 0.717) is 6.54 Å². The molecule has 2 N–H and O–H groups in total. The summed E-state index contributed by atoms with van der Waals surface area (Å²) in [6.45, 7) is 9.28. The number of nitrogens with zero attached hydrogens (tertiary/aromatic N) is 4. The molecule has 172 valence electrons. The molecule has 8 nitrogen and oxygen atoms in total. The Morgan fingerprint density at radius 1 is 1.42 bits per heavy atom. The Balaban J connectivity index is 0.00000341. The summed E-state index contributed by atoms with van der Waals surface area (Å²) in [6, 6.07) is 6.26. The van der Waals surface area contributed by atoms with E-state index >= 15 is 0 Å². The summed E-state index contributed by atoms with van der Waals surface area (Å²) in [7, 11) is 1.70. The van der Waals surface area contributed by atoms with Gasteiger partial charge in [0.05, 0.1) is 25.8 Å². The lowest BCUT2D eigenvalue weighted by Gasteiger charge is -2.21. The minimum Gasteiger partial charge on any atom is -0.496 e. The summed E-state index contributed by atoms with van der Waals surface area (Å²) in [5.74, 6) is 2.63. The van der Waals surface area contributed by atoms with Crippen LogP contribution in [0.15, 0.2) is 29.5 Å². The maximum atomic E-state index is 5.74. The molecule has 9 heteroatoms. The third-order valence-electron chi connectivity index (χ3n) is 5.34. The lowest BCUT2D eigenvalue weighted by atomic mass is 10.0. The molecule has 1 aromatic carbocycles. The van der Waals surface area contributed by atoms with Crippen LogP contribution < -0.4 is 15.4 Å². The predicted octanol–water partition coefficient (Wildman–Crippen LogP) is 3.25. The number of aliphatic imine (C=N–C) groups is 1. The second-order valence-electron chi connectivity index (χ2n) is 7.66. The Morgan fingerprint density at radius 2 is 2.26 bits per heavy atom. The first-order valence-electron chi connectivity index (χ1n) is 10.8. The minimum atomic E-state index is 0. The Labute approximate surface area is 202 Å². The van der Waals surface area contributed by atoms with Gasteiger partial charge >= 0.3 is 0 Å². The Morgan fingerprint density at radius 3 is 2.97 bits per heavy atom. The number of aromatic nitrogens is 3. The molecule has 0 saturated carbocycles. The summed E-state index contributed by atoms with van der Waals surface area (Å²) >= 11 is 0. The van der Waals surface area contributed by atoms with E-state index in [1.54, 1.807) is 13.4 Å². The van der Waals surface area contributed by atoms with Crippen LogP contribution in [0.25, 0.3) is 0 Å². The van der Waals surface area contributed by atoms with Crippen LogP contribution in [0.3, 0.4) is 0 Å². The number of hydrogen-bond donors (Lipinski definition) is 2. The second kappa shape index (κ2) is 12.8. The first-order chi connectivity index (χ1) is 14.6. The number of nitrogens with one attached hydrogen (secondary N) is 2. The van der Waals surface area contributed by atoms with E-state index < -0.39 is 0 Å². The van der Waals surface area contributed by atoms with Gasteiger partial charge in [0.1, 0.15) is 17.9 Å². The van der Waals surface area contributed by atoms with Crippen LogP contribution in [-0.4, -0.2) is 53.6 Å². The van der Waals surface area contributed by atoms with Crippen molar-refractivity contribution in [1.82, 2.24) is 25.4 Å². The molecule has 2 aromatic rings. The maximum Gasteiger partial charge on any atom is 0.191 e. The molecule has 0 aliphatic carbocycles. The Kier molecular flexibility index (Phi) is 10.5. The Hall–Kier alpha value is -1.88. The van der Waals surface area contributed by atoms with Crippen molar-refractivity contribution in [2.45, 2.75) is 58.7 Å². The van der Waals surface area contributed by atoms with Gasteiger partial charge in [0.15, 0.2) is 5.96 Å². The zero-order chi connectivity index (χ0) is 21.3. The molecule has 0 radical (unpaired) electrons. The molecule has 0 spiro atoms. The summed E-state index contributed by atoms with van der Waals surface area (Å²) in [4.78, 5) is 4.80. The molecular formula is C22H35IN6O2. The van der Waals surface area contributed by atoms with Gasteiger partial charge in [0.25, 0.3) is 0 Å². The van der Waals surface area contributed by atoms with Crippen LogP contribution in [0.2, 0.25) is 0 Å². The largest absolute Gasteiger partial charge is 0.496 e. The molecular weight excluding hydrogens is 507 g/mol. The van der Waals surface area contributed by atoms with Crippen LogP contribution in [0.1, 0.15) is 49.7 Å². The highest BCUT2D eigenvalue weighted by atomic mass is 127. The normalized spacial score (nSPS) is 17.2. The molecule has 1 saturated heterocycles. The van der Waals surface area contributed by atoms with Gasteiger partial charge in [0, 0.05) is 31.7 Å². The smallest absolute Gasteiger partial charge is 0.191 e. The monoisotopic (exact) mass is 542 g/mol. The number of hydrogen-bond acceptors (Lipinski definition) is 5. The number of halogens is 1. The first-order valence-corrected chi connectivity index (χ1v) is 10.8. The van der Waals surface area contributed by atoms with Crippen molar-refractivity contribution in [1.29, 1.82) is 0 Å². The van der Waals surface area contributed by atoms with Gasteiger partial charge in [-0.15, -0.1) is 34.2 Å². The van der Waals surface area contributed by atoms with Crippen molar-refractivity contribution in [3.8, 4) is 5.75 Å². The number of benzene rings is 1. The molecule has 0 bridgehead atoms. The summed E-state index contributed by atoms with van der Waals surface area (Å²) in [6.07, 6.45) is 5.02. The fourth-order valence-corrected chi connectivity index (χ4v) is 3.64. The third-order valence-corrected chi connectivity index (χ3v) is 5.34. The van der Waals surface area contributed by atoms with Gasteiger partial charge < -0.3 is 24.7 Å². The standard InChI is InChI=1S/C22H34N6O2.HI/c1-5-21-27-25-15-28(21)11-10-23-22(24-14-18-7-6-12-30-18)26-17(3)19-13-16(2)8-9-20(19)29-4;/h8-9,13,15,17-18H,5-7,10-12,14H2,1-4H3,(H2,23,24,26);1H. The quantitative estimate of drug-likeness (QED) is 0.288. The second-order valence-corrected chi connectivity index (χ2v) is 7.66. The molecule has 0 amide bonds. The summed E-state index contributed by atoms with van der Waals surface area (Å²) < 4.78 is 13.4. The fourth-order valence-electron chi connectivity index (χ4n) is 3.64. The molecule has 2 atom stereocenters. The van der Waals surface area contributed by atoms with Gasteiger partial charge in [-0.2, -0.15) is 0 Å². The van der Waals surface area contributed by atoms with Gasteiger partial charge in [-0.1, -0.05) is 24.6 Å². The Bertz CT molecular complexity index is 835. The summed E-state index contributed by atoms with van der Waals surface area (Å²) in [5.41, 5.74) is 2.31. The molecule has 2 unspecified atom stereocenters. The lowest BCUT2D eigenvalue weighted by Crippen LogP contribution is -2.41. The van der Waals surface area contributed by atoms with E-state index in [0.717, 1.165) is 62.1 Å². The van der Waals surface area contributed by atoms with Crippen molar-refractivity contribution in [2.75, 3.05) is 26.8 Å². The number of rotatable bonds is 9. The van der Waals surface area contributed by atoms with E-state index in [4.69, 9.17) is 14.5 Å². The minimum absolute atomic E-state index is 0. The van der Waals surface area contributed by atoms with E-state index in [1.807, 2.05) is 6.07 Å². The van der Waals surface area contributed by atoms with Gasteiger partial charge in [0.2, 0.25) is 0 Å². The van der Waals surface area contributed by atoms with Crippen molar-refractivity contribution in [3.05, 3.63) is 41.5 Å². The third kappa shape index (κ3) is 7.34. The molecule has 1 aromatic heterocycles. The molecule has 31 heavy (non-hydrogen) atoms. The predicted molar refractivity (Wildman–Crippen MR) is 133 cm³/mol. The molecule has 1 aliphatic rings. The van der Waals surface area contributed by atoms with Crippen molar-refractivity contribution in [3.63, 3.8) is 0 Å². The van der Waals surface area contributed by atoms with E-state index in [9.17, 15) is 0 Å².